The Labute approximate surface area is 246 Å². The molecule has 1 amide bonds. The van der Waals surface area contributed by atoms with Crippen molar-refractivity contribution < 1.29 is 22.0 Å². The van der Waals surface area contributed by atoms with E-state index in [0.29, 0.717) is 67.9 Å². The zero-order valence-corrected chi connectivity index (χ0v) is 25.5. The van der Waals surface area contributed by atoms with Crippen LogP contribution >= 0.6 is 23.2 Å². The summed E-state index contributed by atoms with van der Waals surface area (Å²) in [7, 11) is -3.14. The number of piperazine rings is 1. The Morgan fingerprint density at radius 3 is 2.30 bits per heavy atom. The molecular formula is C28H40Cl2F2N4O3S. The highest BCUT2D eigenvalue weighted by Crippen LogP contribution is 2.42. The summed E-state index contributed by atoms with van der Waals surface area (Å²) in [6.45, 7) is 6.43. The van der Waals surface area contributed by atoms with Gasteiger partial charge in [-0.3, -0.25) is 9.69 Å². The topological polar surface area (TPSA) is 64.2 Å². The normalized spacial score (nSPS) is 28.1. The summed E-state index contributed by atoms with van der Waals surface area (Å²) in [6.07, 6.45) is 3.96. The third kappa shape index (κ3) is 6.94. The highest BCUT2D eigenvalue weighted by Gasteiger charge is 2.43. The van der Waals surface area contributed by atoms with Gasteiger partial charge in [0.1, 0.15) is 0 Å². The minimum absolute atomic E-state index is 0.100. The molecule has 1 saturated carbocycles. The second-order valence-corrected chi connectivity index (χ2v) is 15.1. The summed E-state index contributed by atoms with van der Waals surface area (Å²) in [6, 6.07) is 6.19. The number of piperidine rings is 1. The van der Waals surface area contributed by atoms with Crippen molar-refractivity contribution in [1.82, 2.24) is 19.0 Å². The number of amides is 1. The van der Waals surface area contributed by atoms with E-state index >= 15 is 0 Å². The van der Waals surface area contributed by atoms with Gasteiger partial charge in [0, 0.05) is 83.1 Å². The molecule has 3 heterocycles. The van der Waals surface area contributed by atoms with E-state index in [4.69, 9.17) is 23.2 Å². The summed E-state index contributed by atoms with van der Waals surface area (Å²) < 4.78 is 52.7. The predicted octanol–water partition coefficient (Wildman–Crippen LogP) is 4.33. The molecule has 7 nitrogen and oxygen atoms in total. The molecule has 12 heteroatoms. The molecule has 0 spiro atoms. The number of sulfonamides is 1. The maximum Gasteiger partial charge on any atom is 0.248 e. The maximum absolute atomic E-state index is 13.7. The fourth-order valence-electron chi connectivity index (χ4n) is 6.94. The van der Waals surface area contributed by atoms with E-state index in [0.717, 1.165) is 44.7 Å². The highest BCUT2D eigenvalue weighted by molar-refractivity contribution is 7.88. The zero-order chi connectivity index (χ0) is 28.7. The SMILES string of the molecule is CS(=O)(=O)N1CCN(C2CN(CC[C@]3(c4ccc(Cl)c(Cl)c4)CCC(=O)N(CC4CCC(F)(F)CC4)C3)C2)CC1. The van der Waals surface area contributed by atoms with Gasteiger partial charge in [-0.25, -0.2) is 17.2 Å². The second kappa shape index (κ2) is 11.9. The highest BCUT2D eigenvalue weighted by atomic mass is 35.5. The lowest BCUT2D eigenvalue weighted by molar-refractivity contribution is -0.137. The lowest BCUT2D eigenvalue weighted by Crippen LogP contribution is -2.63. The van der Waals surface area contributed by atoms with Gasteiger partial charge in [-0.2, -0.15) is 4.31 Å². The smallest absolute Gasteiger partial charge is 0.248 e. The standard InChI is InChI=1S/C28H40Cl2F2N4O3S/c1-40(38,39)36-14-12-34(13-15-36)23-18-33(19-23)11-10-27(22-2-3-24(29)25(30)16-22)7-6-26(37)35(20-27)17-21-4-8-28(31,32)9-5-21/h2-3,16,21,23H,4-15,17-20H2,1H3/t27-/m1/s1. The van der Waals surface area contributed by atoms with Gasteiger partial charge >= 0.3 is 0 Å². The molecule has 1 aromatic rings. The van der Waals surface area contributed by atoms with E-state index in [1.165, 1.54) is 6.26 Å². The Hall–Kier alpha value is -1.04. The van der Waals surface area contributed by atoms with Crippen LogP contribution in [0.2, 0.25) is 10.0 Å². The minimum atomic E-state index is -3.14. The lowest BCUT2D eigenvalue weighted by Gasteiger charge is -2.50. The Kier molecular flexibility index (Phi) is 9.06. The number of hydrogen-bond acceptors (Lipinski definition) is 5. The van der Waals surface area contributed by atoms with Crippen molar-refractivity contribution >= 4 is 39.1 Å². The Morgan fingerprint density at radius 1 is 1.00 bits per heavy atom. The molecule has 0 aromatic heterocycles. The van der Waals surface area contributed by atoms with Crippen LogP contribution in [0.4, 0.5) is 8.78 Å². The van der Waals surface area contributed by atoms with Crippen LogP contribution in [0, 0.1) is 5.92 Å². The Balaban J connectivity index is 1.22. The van der Waals surface area contributed by atoms with Crippen molar-refractivity contribution in [3.8, 4) is 0 Å². The molecule has 3 aliphatic heterocycles. The molecule has 1 aliphatic carbocycles. The van der Waals surface area contributed by atoms with E-state index in [2.05, 4.69) is 9.80 Å². The number of benzene rings is 1. The third-order valence-electron chi connectivity index (χ3n) is 9.61. The number of carbonyl (C=O) groups excluding carboxylic acids is 1. The molecule has 1 aromatic carbocycles. The van der Waals surface area contributed by atoms with Crippen molar-refractivity contribution in [3.63, 3.8) is 0 Å². The molecule has 224 valence electrons. The average molecular weight is 622 g/mol. The summed E-state index contributed by atoms with van der Waals surface area (Å²) in [5.74, 6) is -2.37. The van der Waals surface area contributed by atoms with Gasteiger partial charge in [0.2, 0.25) is 21.9 Å². The quantitative estimate of drug-likeness (QED) is 0.433. The van der Waals surface area contributed by atoms with E-state index in [1.54, 1.807) is 4.31 Å². The molecule has 3 saturated heterocycles. The predicted molar refractivity (Wildman–Crippen MR) is 154 cm³/mol. The van der Waals surface area contributed by atoms with Crippen LogP contribution in [0.1, 0.15) is 50.5 Å². The third-order valence-corrected chi connectivity index (χ3v) is 11.7. The van der Waals surface area contributed by atoms with Gasteiger partial charge in [0.15, 0.2) is 0 Å². The van der Waals surface area contributed by atoms with Gasteiger partial charge < -0.3 is 9.80 Å². The minimum Gasteiger partial charge on any atom is -0.342 e. The van der Waals surface area contributed by atoms with Gasteiger partial charge in [0.05, 0.1) is 16.3 Å². The molecular weight excluding hydrogens is 581 g/mol. The van der Waals surface area contributed by atoms with Crippen LogP contribution in [0.15, 0.2) is 18.2 Å². The number of halogens is 4. The average Bonchev–Trinajstić information content (AvgIpc) is 2.87. The Morgan fingerprint density at radius 2 is 1.68 bits per heavy atom. The van der Waals surface area contributed by atoms with Gasteiger partial charge in [-0.05, 0) is 55.8 Å². The number of rotatable bonds is 8. The summed E-state index contributed by atoms with van der Waals surface area (Å²) in [5, 5.41) is 0.989. The maximum atomic E-state index is 13.7. The van der Waals surface area contributed by atoms with Crippen molar-refractivity contribution in [1.29, 1.82) is 0 Å². The summed E-state index contributed by atoms with van der Waals surface area (Å²) in [5.41, 5.74) is 0.788. The number of nitrogens with zero attached hydrogens (tertiary/aromatic N) is 4. The first-order valence-corrected chi connectivity index (χ1v) is 17.0. The van der Waals surface area contributed by atoms with Crippen molar-refractivity contribution in [3.05, 3.63) is 33.8 Å². The first-order chi connectivity index (χ1) is 18.8. The largest absolute Gasteiger partial charge is 0.342 e. The van der Waals surface area contributed by atoms with E-state index in [1.807, 2.05) is 23.1 Å². The van der Waals surface area contributed by atoms with E-state index in [-0.39, 0.29) is 30.1 Å². The molecule has 4 fully saturated rings. The second-order valence-electron chi connectivity index (χ2n) is 12.3. The summed E-state index contributed by atoms with van der Waals surface area (Å²) in [4.78, 5) is 19.8. The number of carbonyl (C=O) groups is 1. The molecule has 40 heavy (non-hydrogen) atoms. The molecule has 0 radical (unpaired) electrons. The van der Waals surface area contributed by atoms with Crippen molar-refractivity contribution in [2.45, 2.75) is 62.3 Å². The molecule has 0 unspecified atom stereocenters. The van der Waals surface area contributed by atoms with Crippen molar-refractivity contribution in [2.75, 3.05) is 65.2 Å². The number of hydrogen-bond donors (Lipinski definition) is 0. The summed E-state index contributed by atoms with van der Waals surface area (Å²) >= 11 is 12.7. The van der Waals surface area contributed by atoms with E-state index < -0.39 is 15.9 Å². The fourth-order valence-corrected chi connectivity index (χ4v) is 8.06. The van der Waals surface area contributed by atoms with Gasteiger partial charge in [-0.15, -0.1) is 0 Å². The van der Waals surface area contributed by atoms with Gasteiger partial charge in [-0.1, -0.05) is 29.3 Å². The molecule has 0 N–H and O–H groups in total. The zero-order valence-electron chi connectivity index (χ0n) is 23.1. The number of likely N-dealkylation sites (tertiary alicyclic amines) is 2. The monoisotopic (exact) mass is 620 g/mol. The van der Waals surface area contributed by atoms with Crippen LogP contribution < -0.4 is 0 Å². The molecule has 1 atom stereocenters. The molecule has 4 aliphatic rings. The fraction of sp³-hybridized carbons (Fsp3) is 0.750. The Bertz CT molecular complexity index is 1180. The van der Waals surface area contributed by atoms with Crippen LogP contribution in [0.5, 0.6) is 0 Å². The van der Waals surface area contributed by atoms with Crippen LogP contribution in [-0.2, 0) is 20.2 Å². The van der Waals surface area contributed by atoms with Crippen molar-refractivity contribution in [2.24, 2.45) is 5.92 Å². The molecule has 0 bridgehead atoms. The number of alkyl halides is 2. The van der Waals surface area contributed by atoms with Gasteiger partial charge in [0.25, 0.3) is 0 Å². The first kappa shape index (κ1) is 30.4. The van der Waals surface area contributed by atoms with Crippen LogP contribution in [0.3, 0.4) is 0 Å². The molecule has 5 rings (SSSR count). The first-order valence-electron chi connectivity index (χ1n) is 14.4. The van der Waals surface area contributed by atoms with Crippen LogP contribution in [0.25, 0.3) is 0 Å². The lowest BCUT2D eigenvalue weighted by atomic mass is 9.71. The van der Waals surface area contributed by atoms with Crippen LogP contribution in [-0.4, -0.2) is 110 Å². The van der Waals surface area contributed by atoms with E-state index in [9.17, 15) is 22.0 Å².